The van der Waals surface area contributed by atoms with Crippen molar-refractivity contribution >= 4 is 11.8 Å². The average molecular weight is 326 g/mol. The molecule has 5 heteroatoms. The monoisotopic (exact) mass is 326 g/mol. The summed E-state index contributed by atoms with van der Waals surface area (Å²) >= 11 is 1.52. The van der Waals surface area contributed by atoms with Crippen LogP contribution < -0.4 is 4.74 Å². The second-order valence-corrected chi connectivity index (χ2v) is 6.24. The summed E-state index contributed by atoms with van der Waals surface area (Å²) in [7, 11) is 1.67. The molecule has 0 amide bonds. The zero-order valence-electron chi connectivity index (χ0n) is 13.4. The van der Waals surface area contributed by atoms with Crippen molar-refractivity contribution < 1.29 is 9.15 Å². The van der Waals surface area contributed by atoms with E-state index in [4.69, 9.17) is 9.15 Å². The number of thioether (sulfide) groups is 1. The highest BCUT2D eigenvalue weighted by atomic mass is 32.2. The van der Waals surface area contributed by atoms with Crippen LogP contribution >= 0.6 is 11.8 Å². The van der Waals surface area contributed by atoms with Gasteiger partial charge in [-0.25, -0.2) is 0 Å². The Balaban J connectivity index is 1.70. The van der Waals surface area contributed by atoms with Gasteiger partial charge in [-0.05, 0) is 54.8 Å². The van der Waals surface area contributed by atoms with Crippen LogP contribution in [0.15, 0.2) is 52.1 Å². The molecular weight excluding hydrogens is 308 g/mol. The molecule has 0 unspecified atom stereocenters. The number of hydrogen-bond donors (Lipinski definition) is 0. The molecule has 0 aliphatic rings. The molecule has 3 aromatic rings. The zero-order chi connectivity index (χ0) is 16.2. The highest BCUT2D eigenvalue weighted by Gasteiger charge is 2.10. The minimum absolute atomic E-state index is 0.557. The summed E-state index contributed by atoms with van der Waals surface area (Å²) in [5.41, 5.74) is 4.57. The molecule has 0 radical (unpaired) electrons. The van der Waals surface area contributed by atoms with E-state index in [0.29, 0.717) is 11.1 Å². The SMILES string of the molecule is COc1cccc(CSc2nnc(-c3ccc(C)c(C)c3)o2)c1. The molecule has 0 aliphatic carbocycles. The van der Waals surface area contributed by atoms with Gasteiger partial charge in [0.15, 0.2) is 0 Å². The van der Waals surface area contributed by atoms with Crippen LogP contribution in [0.1, 0.15) is 16.7 Å². The van der Waals surface area contributed by atoms with Crippen LogP contribution in [0.3, 0.4) is 0 Å². The van der Waals surface area contributed by atoms with Crippen molar-refractivity contribution in [2.24, 2.45) is 0 Å². The van der Waals surface area contributed by atoms with E-state index in [0.717, 1.165) is 22.6 Å². The molecule has 4 nitrogen and oxygen atoms in total. The maximum atomic E-state index is 5.75. The number of aryl methyl sites for hydroxylation is 2. The molecule has 3 rings (SSSR count). The molecule has 0 saturated carbocycles. The Morgan fingerprint density at radius 2 is 1.91 bits per heavy atom. The van der Waals surface area contributed by atoms with Gasteiger partial charge >= 0.3 is 0 Å². The normalized spacial score (nSPS) is 10.7. The first kappa shape index (κ1) is 15.6. The lowest BCUT2D eigenvalue weighted by molar-refractivity contribution is 0.414. The fraction of sp³-hybridized carbons (Fsp3) is 0.222. The summed E-state index contributed by atoms with van der Waals surface area (Å²) in [5.74, 6) is 2.16. The van der Waals surface area contributed by atoms with Gasteiger partial charge in [0.2, 0.25) is 5.89 Å². The number of ether oxygens (including phenoxy) is 1. The molecule has 0 bridgehead atoms. The lowest BCUT2D eigenvalue weighted by atomic mass is 10.1. The van der Waals surface area contributed by atoms with E-state index in [-0.39, 0.29) is 0 Å². The van der Waals surface area contributed by atoms with Gasteiger partial charge in [0.05, 0.1) is 7.11 Å². The molecule has 23 heavy (non-hydrogen) atoms. The van der Waals surface area contributed by atoms with Gasteiger partial charge in [0, 0.05) is 11.3 Å². The maximum Gasteiger partial charge on any atom is 0.277 e. The molecule has 0 saturated heterocycles. The Kier molecular flexibility index (Phi) is 4.67. The van der Waals surface area contributed by atoms with Crippen LogP contribution in [0.25, 0.3) is 11.5 Å². The van der Waals surface area contributed by atoms with Gasteiger partial charge < -0.3 is 9.15 Å². The second-order valence-electron chi connectivity index (χ2n) is 5.31. The molecule has 2 aromatic carbocycles. The highest BCUT2D eigenvalue weighted by Crippen LogP contribution is 2.27. The third-order valence-corrected chi connectivity index (χ3v) is 4.55. The second kappa shape index (κ2) is 6.87. The predicted octanol–water partition coefficient (Wildman–Crippen LogP) is 4.65. The summed E-state index contributed by atoms with van der Waals surface area (Å²) in [4.78, 5) is 0. The van der Waals surface area contributed by atoms with Crippen molar-refractivity contribution in [3.63, 3.8) is 0 Å². The van der Waals surface area contributed by atoms with E-state index >= 15 is 0 Å². The number of aromatic nitrogens is 2. The largest absolute Gasteiger partial charge is 0.497 e. The summed E-state index contributed by atoms with van der Waals surface area (Å²) < 4.78 is 11.0. The van der Waals surface area contributed by atoms with Crippen LogP contribution in [0.2, 0.25) is 0 Å². The Bertz CT molecular complexity index is 814. The molecule has 0 fully saturated rings. The Morgan fingerprint density at radius 3 is 2.70 bits per heavy atom. The topological polar surface area (TPSA) is 48.2 Å². The van der Waals surface area contributed by atoms with Crippen molar-refractivity contribution in [2.45, 2.75) is 24.8 Å². The van der Waals surface area contributed by atoms with Gasteiger partial charge in [-0.1, -0.05) is 30.0 Å². The van der Waals surface area contributed by atoms with E-state index in [1.165, 1.54) is 22.9 Å². The van der Waals surface area contributed by atoms with Crippen molar-refractivity contribution in [2.75, 3.05) is 7.11 Å². The van der Waals surface area contributed by atoms with Crippen molar-refractivity contribution in [3.8, 4) is 17.2 Å². The molecule has 118 valence electrons. The van der Waals surface area contributed by atoms with E-state index in [9.17, 15) is 0 Å². The van der Waals surface area contributed by atoms with Crippen LogP contribution in [0.5, 0.6) is 5.75 Å². The standard InChI is InChI=1S/C18H18N2O2S/c1-12-7-8-15(9-13(12)2)17-19-20-18(22-17)23-11-14-5-4-6-16(10-14)21-3/h4-10H,11H2,1-3H3. The van der Waals surface area contributed by atoms with E-state index < -0.39 is 0 Å². The first-order valence-electron chi connectivity index (χ1n) is 7.32. The Labute approximate surface area is 139 Å². The van der Waals surface area contributed by atoms with E-state index in [2.05, 4.69) is 42.2 Å². The van der Waals surface area contributed by atoms with E-state index in [1.807, 2.05) is 24.3 Å². The predicted molar refractivity (Wildman–Crippen MR) is 91.8 cm³/mol. The molecular formula is C18H18N2O2S. The lowest BCUT2D eigenvalue weighted by Gasteiger charge is -2.02. The quantitative estimate of drug-likeness (QED) is 0.638. The van der Waals surface area contributed by atoms with Crippen LogP contribution in [-0.2, 0) is 5.75 Å². The van der Waals surface area contributed by atoms with Crippen molar-refractivity contribution in [1.82, 2.24) is 10.2 Å². The van der Waals surface area contributed by atoms with Crippen molar-refractivity contribution in [3.05, 3.63) is 59.2 Å². The molecule has 0 spiro atoms. The van der Waals surface area contributed by atoms with Crippen molar-refractivity contribution in [1.29, 1.82) is 0 Å². The minimum atomic E-state index is 0.557. The van der Waals surface area contributed by atoms with Crippen LogP contribution in [0, 0.1) is 13.8 Å². The van der Waals surface area contributed by atoms with Crippen LogP contribution in [0.4, 0.5) is 0 Å². The summed E-state index contributed by atoms with van der Waals surface area (Å²) in [5, 5.41) is 8.83. The molecule has 1 aromatic heterocycles. The summed E-state index contributed by atoms with van der Waals surface area (Å²) in [6.07, 6.45) is 0. The fourth-order valence-electron chi connectivity index (χ4n) is 2.17. The third kappa shape index (κ3) is 3.74. The molecule has 0 N–H and O–H groups in total. The molecule has 1 heterocycles. The number of nitrogens with zero attached hydrogens (tertiary/aromatic N) is 2. The van der Waals surface area contributed by atoms with Gasteiger partial charge in [0.1, 0.15) is 5.75 Å². The summed E-state index contributed by atoms with van der Waals surface area (Å²) in [6, 6.07) is 14.1. The highest BCUT2D eigenvalue weighted by molar-refractivity contribution is 7.98. The minimum Gasteiger partial charge on any atom is -0.497 e. The molecule has 0 aliphatic heterocycles. The number of hydrogen-bond acceptors (Lipinski definition) is 5. The number of methoxy groups -OCH3 is 1. The fourth-order valence-corrected chi connectivity index (χ4v) is 2.87. The average Bonchev–Trinajstić information content (AvgIpc) is 3.05. The van der Waals surface area contributed by atoms with Crippen LogP contribution in [-0.4, -0.2) is 17.3 Å². The third-order valence-electron chi connectivity index (χ3n) is 3.66. The van der Waals surface area contributed by atoms with Gasteiger partial charge in [0.25, 0.3) is 5.22 Å². The summed E-state index contributed by atoms with van der Waals surface area (Å²) in [6.45, 7) is 4.16. The first-order valence-corrected chi connectivity index (χ1v) is 8.31. The van der Waals surface area contributed by atoms with E-state index in [1.54, 1.807) is 7.11 Å². The Morgan fingerprint density at radius 1 is 1.04 bits per heavy atom. The van der Waals surface area contributed by atoms with Gasteiger partial charge in [-0.2, -0.15) is 0 Å². The maximum absolute atomic E-state index is 5.75. The van der Waals surface area contributed by atoms with Gasteiger partial charge in [-0.3, -0.25) is 0 Å². The zero-order valence-corrected chi connectivity index (χ0v) is 14.2. The molecule has 0 atom stereocenters. The van der Waals surface area contributed by atoms with Gasteiger partial charge in [-0.15, -0.1) is 10.2 Å². The first-order chi connectivity index (χ1) is 11.2. The number of rotatable bonds is 5. The lowest BCUT2D eigenvalue weighted by Crippen LogP contribution is -1.85. The smallest absolute Gasteiger partial charge is 0.277 e. The Hall–Kier alpha value is -2.27. The number of benzene rings is 2.